The number of anilines is 1. The molecule has 1 unspecified atom stereocenters. The number of nitrogens with one attached hydrogen (secondary N) is 2. The molecule has 2 aromatic carbocycles. The summed E-state index contributed by atoms with van der Waals surface area (Å²) in [5.41, 5.74) is 0.802. The molecule has 2 N–H and O–H groups in total. The highest BCUT2D eigenvalue weighted by atomic mass is 32.2. The van der Waals surface area contributed by atoms with Crippen molar-refractivity contribution >= 4 is 43.2 Å². The number of carbonyl (C=O) groups is 1. The maximum atomic E-state index is 12.6. The van der Waals surface area contributed by atoms with E-state index in [9.17, 15) is 21.6 Å². The van der Waals surface area contributed by atoms with Crippen LogP contribution in [0.15, 0.2) is 58.3 Å². The predicted octanol–water partition coefficient (Wildman–Crippen LogP) is 2.13. The van der Waals surface area contributed by atoms with E-state index in [1.165, 1.54) is 24.3 Å². The molecule has 0 radical (unpaired) electrons. The van der Waals surface area contributed by atoms with Crippen LogP contribution in [0.25, 0.3) is 0 Å². The zero-order valence-corrected chi connectivity index (χ0v) is 17.5. The first kappa shape index (κ1) is 20.8. The largest absolute Gasteiger partial charge is 0.322 e. The molecule has 28 heavy (non-hydrogen) atoms. The molecular formula is C18H20N2O5S3. The fourth-order valence-electron chi connectivity index (χ4n) is 2.88. The summed E-state index contributed by atoms with van der Waals surface area (Å²) in [5.74, 6) is -0.672. The van der Waals surface area contributed by atoms with Gasteiger partial charge in [-0.3, -0.25) is 4.79 Å². The van der Waals surface area contributed by atoms with Crippen LogP contribution in [0, 0.1) is 0 Å². The van der Waals surface area contributed by atoms with E-state index in [4.69, 9.17) is 0 Å². The summed E-state index contributed by atoms with van der Waals surface area (Å²) in [6.07, 6.45) is 2.17. The molecule has 1 fully saturated rings. The lowest BCUT2D eigenvalue weighted by Gasteiger charge is -2.12. The Bertz CT molecular complexity index is 1100. The summed E-state index contributed by atoms with van der Waals surface area (Å²) in [4.78, 5) is 13.4. The zero-order chi connectivity index (χ0) is 20.4. The summed E-state index contributed by atoms with van der Waals surface area (Å²) in [6, 6.07) is 12.3. The first-order valence-electron chi connectivity index (χ1n) is 8.47. The SMILES string of the molecule is CSc1cccc(NC(=O)c2cccc(S(=O)(=O)NC3CCS(=O)(=O)C3)c2)c1. The van der Waals surface area contributed by atoms with Gasteiger partial charge in [-0.15, -0.1) is 11.8 Å². The fraction of sp³-hybridized carbons (Fsp3) is 0.278. The second-order valence-electron chi connectivity index (χ2n) is 6.44. The van der Waals surface area contributed by atoms with Gasteiger partial charge in [-0.05, 0) is 49.1 Å². The van der Waals surface area contributed by atoms with E-state index in [2.05, 4.69) is 10.0 Å². The highest BCUT2D eigenvalue weighted by Gasteiger charge is 2.31. The van der Waals surface area contributed by atoms with Crippen molar-refractivity contribution in [1.82, 2.24) is 4.72 Å². The number of sulfone groups is 1. The number of hydrogen-bond acceptors (Lipinski definition) is 6. The van der Waals surface area contributed by atoms with Crippen molar-refractivity contribution in [3.05, 3.63) is 54.1 Å². The summed E-state index contributed by atoms with van der Waals surface area (Å²) in [7, 11) is -7.14. The van der Waals surface area contributed by atoms with Crippen molar-refractivity contribution in [2.24, 2.45) is 0 Å². The van der Waals surface area contributed by atoms with Gasteiger partial charge in [0, 0.05) is 22.2 Å². The van der Waals surface area contributed by atoms with Crippen LogP contribution in [0.4, 0.5) is 5.69 Å². The van der Waals surface area contributed by atoms with E-state index in [0.29, 0.717) is 5.69 Å². The number of rotatable bonds is 6. The van der Waals surface area contributed by atoms with Gasteiger partial charge in [-0.25, -0.2) is 21.6 Å². The van der Waals surface area contributed by atoms with Gasteiger partial charge in [0.2, 0.25) is 10.0 Å². The van der Waals surface area contributed by atoms with Crippen LogP contribution in [0.5, 0.6) is 0 Å². The van der Waals surface area contributed by atoms with Crippen LogP contribution in [0.3, 0.4) is 0 Å². The lowest BCUT2D eigenvalue weighted by molar-refractivity contribution is 0.102. The lowest BCUT2D eigenvalue weighted by atomic mass is 10.2. The van der Waals surface area contributed by atoms with E-state index < -0.39 is 31.8 Å². The number of amides is 1. The Kier molecular flexibility index (Phi) is 6.13. The van der Waals surface area contributed by atoms with Gasteiger partial charge in [0.1, 0.15) is 0 Å². The van der Waals surface area contributed by atoms with Crippen molar-refractivity contribution in [2.75, 3.05) is 23.1 Å². The molecule has 0 spiro atoms. The Morgan fingerprint density at radius 3 is 2.57 bits per heavy atom. The fourth-order valence-corrected chi connectivity index (χ4v) is 6.44. The first-order valence-corrected chi connectivity index (χ1v) is 13.0. The van der Waals surface area contributed by atoms with Gasteiger partial charge in [-0.2, -0.15) is 0 Å². The third kappa shape index (κ3) is 5.13. The maximum absolute atomic E-state index is 12.6. The number of carbonyl (C=O) groups excluding carboxylic acids is 1. The zero-order valence-electron chi connectivity index (χ0n) is 15.1. The van der Waals surface area contributed by atoms with E-state index in [1.807, 2.05) is 24.5 Å². The molecular weight excluding hydrogens is 420 g/mol. The number of sulfonamides is 1. The Morgan fingerprint density at radius 2 is 1.89 bits per heavy atom. The summed E-state index contributed by atoms with van der Waals surface area (Å²) in [6.45, 7) is 0. The number of thioether (sulfide) groups is 1. The van der Waals surface area contributed by atoms with Gasteiger partial charge in [-0.1, -0.05) is 12.1 Å². The highest BCUT2D eigenvalue weighted by Crippen LogP contribution is 2.21. The smallest absolute Gasteiger partial charge is 0.255 e. The van der Waals surface area contributed by atoms with Crippen molar-refractivity contribution < 1.29 is 21.6 Å². The van der Waals surface area contributed by atoms with Crippen LogP contribution in [-0.4, -0.2) is 46.5 Å². The van der Waals surface area contributed by atoms with Crippen LogP contribution in [0.2, 0.25) is 0 Å². The Morgan fingerprint density at radius 1 is 1.14 bits per heavy atom. The molecule has 1 aliphatic rings. The molecule has 2 aromatic rings. The molecule has 3 rings (SSSR count). The minimum Gasteiger partial charge on any atom is -0.322 e. The molecule has 1 atom stereocenters. The van der Waals surface area contributed by atoms with Gasteiger partial charge in [0.15, 0.2) is 9.84 Å². The molecule has 0 bridgehead atoms. The molecule has 10 heteroatoms. The van der Waals surface area contributed by atoms with Crippen molar-refractivity contribution in [3.8, 4) is 0 Å². The van der Waals surface area contributed by atoms with Crippen LogP contribution >= 0.6 is 11.8 Å². The van der Waals surface area contributed by atoms with Crippen molar-refractivity contribution in [2.45, 2.75) is 22.3 Å². The van der Waals surface area contributed by atoms with Crippen molar-refractivity contribution in [1.29, 1.82) is 0 Å². The van der Waals surface area contributed by atoms with E-state index >= 15 is 0 Å². The molecule has 1 aliphatic heterocycles. The van der Waals surface area contributed by atoms with Gasteiger partial charge >= 0.3 is 0 Å². The molecule has 1 amide bonds. The Balaban J connectivity index is 1.76. The topological polar surface area (TPSA) is 109 Å². The third-order valence-corrected chi connectivity index (χ3v) is 8.30. The molecule has 0 aromatic heterocycles. The van der Waals surface area contributed by atoms with Gasteiger partial charge in [0.05, 0.1) is 16.4 Å². The second-order valence-corrected chi connectivity index (χ2v) is 11.3. The monoisotopic (exact) mass is 440 g/mol. The number of hydrogen-bond donors (Lipinski definition) is 2. The molecule has 0 aliphatic carbocycles. The predicted molar refractivity (Wildman–Crippen MR) is 110 cm³/mol. The van der Waals surface area contributed by atoms with Crippen molar-refractivity contribution in [3.63, 3.8) is 0 Å². The lowest BCUT2D eigenvalue weighted by Crippen LogP contribution is -2.35. The normalized spacial score (nSPS) is 18.7. The second kappa shape index (κ2) is 8.24. The van der Waals surface area contributed by atoms with E-state index in [0.717, 1.165) is 4.90 Å². The Labute approximate surface area is 168 Å². The summed E-state index contributed by atoms with van der Waals surface area (Å²) in [5, 5.41) is 2.75. The minimum absolute atomic E-state index is 0.0300. The molecule has 150 valence electrons. The highest BCUT2D eigenvalue weighted by molar-refractivity contribution is 7.98. The minimum atomic E-state index is -3.93. The van der Waals surface area contributed by atoms with Crippen LogP contribution in [0.1, 0.15) is 16.8 Å². The Hall–Kier alpha value is -1.88. The third-order valence-electron chi connectivity index (χ3n) is 4.29. The molecule has 1 saturated heterocycles. The average Bonchev–Trinajstić information content (AvgIpc) is 2.99. The van der Waals surface area contributed by atoms with Gasteiger partial charge < -0.3 is 5.32 Å². The van der Waals surface area contributed by atoms with E-state index in [1.54, 1.807) is 17.8 Å². The molecule has 0 saturated carbocycles. The molecule has 7 nitrogen and oxygen atoms in total. The van der Waals surface area contributed by atoms with E-state index in [-0.39, 0.29) is 28.4 Å². The number of benzene rings is 2. The van der Waals surface area contributed by atoms with Crippen LogP contribution in [-0.2, 0) is 19.9 Å². The van der Waals surface area contributed by atoms with Crippen LogP contribution < -0.4 is 10.0 Å². The van der Waals surface area contributed by atoms with Gasteiger partial charge in [0.25, 0.3) is 5.91 Å². The summed E-state index contributed by atoms with van der Waals surface area (Å²) < 4.78 is 50.6. The first-order chi connectivity index (χ1) is 13.2. The standard InChI is InChI=1S/C18H20N2O5S3/c1-26-16-6-3-5-14(11-16)19-18(21)13-4-2-7-17(10-13)28(24,25)20-15-8-9-27(22,23)12-15/h2-7,10-11,15,20H,8-9,12H2,1H3,(H,19,21). The quantitative estimate of drug-likeness (QED) is 0.666. The average molecular weight is 441 g/mol. The summed E-state index contributed by atoms with van der Waals surface area (Å²) >= 11 is 1.54. The maximum Gasteiger partial charge on any atom is 0.255 e. The molecule has 1 heterocycles.